The standard InChI is InChI=1S/C30H32F4N4O4/c1-3-42-26-15-27(39)36-16-24(26)19-4-5-20(25(31)12-19)13-28(40)37-23-11-21(10-22(14-23)30(32,33)34)29(41)35-7-9-38-8-6-18(2)17-38/h4-5,10-12,14-16,18H,3,6-9,13,17H2,1-2H3,(H,35,41)(H,36,39)(H,37,40). The van der Waals surface area contributed by atoms with Crippen LogP contribution in [0.1, 0.15) is 41.8 Å². The van der Waals surface area contributed by atoms with Crippen molar-refractivity contribution < 1.29 is 31.9 Å². The Labute approximate surface area is 240 Å². The molecule has 224 valence electrons. The lowest BCUT2D eigenvalue weighted by Crippen LogP contribution is -2.34. The summed E-state index contributed by atoms with van der Waals surface area (Å²) in [6.45, 7) is 6.81. The van der Waals surface area contributed by atoms with Crippen LogP contribution < -0.4 is 20.9 Å². The fourth-order valence-corrected chi connectivity index (χ4v) is 4.84. The largest absolute Gasteiger partial charge is 0.493 e. The van der Waals surface area contributed by atoms with Gasteiger partial charge in [-0.25, -0.2) is 4.39 Å². The first-order valence-electron chi connectivity index (χ1n) is 13.6. The van der Waals surface area contributed by atoms with Crippen molar-refractivity contribution in [3.8, 4) is 16.9 Å². The lowest BCUT2D eigenvalue weighted by atomic mass is 10.0. The van der Waals surface area contributed by atoms with Crippen LogP contribution in [0.5, 0.6) is 5.75 Å². The first kappa shape index (κ1) is 30.8. The molecule has 0 saturated carbocycles. The molecule has 1 aliphatic rings. The van der Waals surface area contributed by atoms with E-state index in [1.54, 1.807) is 6.92 Å². The maximum atomic E-state index is 15.0. The lowest BCUT2D eigenvalue weighted by molar-refractivity contribution is -0.137. The number of pyridine rings is 1. The van der Waals surface area contributed by atoms with Gasteiger partial charge in [-0.2, -0.15) is 13.2 Å². The van der Waals surface area contributed by atoms with Gasteiger partial charge in [-0.15, -0.1) is 0 Å². The van der Waals surface area contributed by atoms with E-state index < -0.39 is 35.8 Å². The number of carbonyl (C=O) groups excluding carboxylic acids is 2. The molecule has 4 rings (SSSR count). The van der Waals surface area contributed by atoms with E-state index in [9.17, 15) is 31.9 Å². The van der Waals surface area contributed by atoms with Crippen molar-refractivity contribution in [2.75, 3.05) is 38.1 Å². The van der Waals surface area contributed by atoms with E-state index in [0.29, 0.717) is 23.6 Å². The molecule has 0 aliphatic carbocycles. The molecule has 1 unspecified atom stereocenters. The minimum atomic E-state index is -4.76. The number of hydrogen-bond donors (Lipinski definition) is 3. The Hall–Kier alpha value is -4.19. The van der Waals surface area contributed by atoms with E-state index in [1.165, 1.54) is 30.5 Å². The Bertz CT molecular complexity index is 1510. The number of likely N-dealkylation sites (tertiary alicyclic amines) is 1. The van der Waals surface area contributed by atoms with Gasteiger partial charge in [-0.1, -0.05) is 19.1 Å². The molecular formula is C30H32F4N4O4. The van der Waals surface area contributed by atoms with Gasteiger partial charge in [0.25, 0.3) is 11.5 Å². The zero-order valence-corrected chi connectivity index (χ0v) is 23.2. The molecule has 3 aromatic rings. The fourth-order valence-electron chi connectivity index (χ4n) is 4.84. The van der Waals surface area contributed by atoms with Crippen molar-refractivity contribution in [2.45, 2.75) is 32.9 Å². The van der Waals surface area contributed by atoms with Crippen molar-refractivity contribution in [1.29, 1.82) is 0 Å². The van der Waals surface area contributed by atoms with Gasteiger partial charge in [-0.05, 0) is 61.2 Å². The van der Waals surface area contributed by atoms with E-state index in [4.69, 9.17) is 4.74 Å². The molecule has 8 nitrogen and oxygen atoms in total. The molecule has 2 amide bonds. The van der Waals surface area contributed by atoms with Gasteiger partial charge in [0, 0.05) is 48.7 Å². The predicted molar refractivity (Wildman–Crippen MR) is 150 cm³/mol. The molecular weight excluding hydrogens is 556 g/mol. The van der Waals surface area contributed by atoms with Crippen LogP contribution in [0, 0.1) is 11.7 Å². The molecule has 1 atom stereocenters. The normalized spacial score (nSPS) is 15.4. The van der Waals surface area contributed by atoms with Gasteiger partial charge in [0.1, 0.15) is 11.6 Å². The predicted octanol–water partition coefficient (Wildman–Crippen LogP) is 4.85. The summed E-state index contributed by atoms with van der Waals surface area (Å²) in [5.74, 6) is -1.37. The third kappa shape index (κ3) is 7.96. The van der Waals surface area contributed by atoms with Crippen LogP contribution in [0.25, 0.3) is 11.1 Å². The van der Waals surface area contributed by atoms with Crippen molar-refractivity contribution in [3.05, 3.63) is 81.5 Å². The van der Waals surface area contributed by atoms with Crippen LogP contribution in [0.2, 0.25) is 0 Å². The molecule has 0 bridgehead atoms. The van der Waals surface area contributed by atoms with Crippen LogP contribution in [0.15, 0.2) is 53.5 Å². The summed E-state index contributed by atoms with van der Waals surface area (Å²) >= 11 is 0. The van der Waals surface area contributed by atoms with Gasteiger partial charge in [0.2, 0.25) is 5.91 Å². The highest BCUT2D eigenvalue weighted by Crippen LogP contribution is 2.33. The molecule has 2 aromatic carbocycles. The van der Waals surface area contributed by atoms with Crippen molar-refractivity contribution in [3.63, 3.8) is 0 Å². The van der Waals surface area contributed by atoms with Gasteiger partial charge >= 0.3 is 6.18 Å². The number of hydrogen-bond acceptors (Lipinski definition) is 5. The Kier molecular flexibility index (Phi) is 9.66. The summed E-state index contributed by atoms with van der Waals surface area (Å²) in [6.07, 6.45) is -2.78. The number of aromatic amines is 1. The third-order valence-corrected chi connectivity index (χ3v) is 6.93. The highest BCUT2D eigenvalue weighted by molar-refractivity contribution is 5.98. The van der Waals surface area contributed by atoms with E-state index in [1.807, 2.05) is 0 Å². The molecule has 1 aliphatic heterocycles. The second-order valence-corrected chi connectivity index (χ2v) is 10.3. The van der Waals surface area contributed by atoms with Crippen molar-refractivity contribution >= 4 is 17.5 Å². The lowest BCUT2D eigenvalue weighted by Gasteiger charge is -2.16. The first-order chi connectivity index (χ1) is 19.9. The highest BCUT2D eigenvalue weighted by Gasteiger charge is 2.32. The summed E-state index contributed by atoms with van der Waals surface area (Å²) < 4.78 is 61.2. The molecule has 0 spiro atoms. The van der Waals surface area contributed by atoms with E-state index >= 15 is 0 Å². The van der Waals surface area contributed by atoms with Gasteiger partial charge in [-0.3, -0.25) is 14.4 Å². The summed E-state index contributed by atoms with van der Waals surface area (Å²) in [7, 11) is 0. The van der Waals surface area contributed by atoms with Crippen LogP contribution in [0.3, 0.4) is 0 Å². The van der Waals surface area contributed by atoms with Gasteiger partial charge in [0.05, 0.1) is 18.6 Å². The number of anilines is 1. The Balaban J connectivity index is 1.46. The van der Waals surface area contributed by atoms with Crippen molar-refractivity contribution in [1.82, 2.24) is 15.2 Å². The molecule has 0 radical (unpaired) electrons. The Morgan fingerprint density at radius 1 is 1.14 bits per heavy atom. The molecule has 1 aromatic heterocycles. The molecule has 1 saturated heterocycles. The second kappa shape index (κ2) is 13.2. The number of nitrogens with zero attached hydrogens (tertiary/aromatic N) is 1. The van der Waals surface area contributed by atoms with E-state index in [0.717, 1.165) is 37.7 Å². The van der Waals surface area contributed by atoms with Crippen LogP contribution in [0.4, 0.5) is 23.2 Å². The van der Waals surface area contributed by atoms with Gasteiger partial charge < -0.3 is 25.3 Å². The Morgan fingerprint density at radius 3 is 2.60 bits per heavy atom. The average molecular weight is 589 g/mol. The minimum Gasteiger partial charge on any atom is -0.493 e. The second-order valence-electron chi connectivity index (χ2n) is 10.3. The highest BCUT2D eigenvalue weighted by atomic mass is 19.4. The molecule has 3 N–H and O–H groups in total. The maximum absolute atomic E-state index is 15.0. The summed E-state index contributed by atoms with van der Waals surface area (Å²) in [4.78, 5) is 41.7. The summed E-state index contributed by atoms with van der Waals surface area (Å²) in [5.41, 5.74) is -1.14. The zero-order chi connectivity index (χ0) is 30.4. The number of amides is 2. The number of ether oxygens (including phenoxy) is 1. The van der Waals surface area contributed by atoms with Crippen LogP contribution in [-0.4, -0.2) is 54.5 Å². The van der Waals surface area contributed by atoms with Gasteiger partial charge in [0.15, 0.2) is 0 Å². The maximum Gasteiger partial charge on any atom is 0.416 e. The van der Waals surface area contributed by atoms with E-state index in [2.05, 4.69) is 27.4 Å². The summed E-state index contributed by atoms with van der Waals surface area (Å²) in [6, 6.07) is 7.95. The number of benzene rings is 2. The number of halogens is 4. The summed E-state index contributed by atoms with van der Waals surface area (Å²) in [5, 5.41) is 5.00. The average Bonchev–Trinajstić information content (AvgIpc) is 3.34. The molecule has 12 heteroatoms. The number of aromatic nitrogens is 1. The zero-order valence-electron chi connectivity index (χ0n) is 23.2. The molecule has 42 heavy (non-hydrogen) atoms. The molecule has 1 fully saturated rings. The SMILES string of the molecule is CCOc1cc(=O)[nH]cc1-c1ccc(CC(=O)Nc2cc(C(=O)NCCN3CCC(C)C3)cc(C(F)(F)F)c2)c(F)c1. The quantitative estimate of drug-likeness (QED) is 0.294. The number of carbonyl (C=O) groups is 2. The number of nitrogens with one attached hydrogen (secondary N) is 3. The fraction of sp³-hybridized carbons (Fsp3) is 0.367. The third-order valence-electron chi connectivity index (χ3n) is 6.93. The number of rotatable bonds is 10. The topological polar surface area (TPSA) is 104 Å². The van der Waals surface area contributed by atoms with E-state index in [-0.39, 0.29) is 41.3 Å². The monoisotopic (exact) mass is 588 g/mol. The number of H-pyrrole nitrogens is 1. The minimum absolute atomic E-state index is 0.000178. The Morgan fingerprint density at radius 2 is 1.93 bits per heavy atom. The van der Waals surface area contributed by atoms with Crippen LogP contribution >= 0.6 is 0 Å². The number of alkyl halides is 3. The smallest absolute Gasteiger partial charge is 0.416 e. The van der Waals surface area contributed by atoms with Crippen molar-refractivity contribution in [2.24, 2.45) is 5.92 Å². The first-order valence-corrected chi connectivity index (χ1v) is 13.6. The van der Waals surface area contributed by atoms with Crippen LogP contribution in [-0.2, 0) is 17.4 Å². The molecule has 2 heterocycles.